The number of carbonyl (C=O) groups excluding carboxylic acids is 1. The molecule has 0 atom stereocenters. The zero-order valence-corrected chi connectivity index (χ0v) is 11.0. The first kappa shape index (κ1) is 11.9. The lowest BCUT2D eigenvalue weighted by molar-refractivity contribution is 0.0963. The molecule has 2 aromatic rings. The van der Waals surface area contributed by atoms with E-state index in [4.69, 9.17) is 0 Å². The summed E-state index contributed by atoms with van der Waals surface area (Å²) in [5, 5.41) is 2.66. The highest BCUT2D eigenvalue weighted by molar-refractivity contribution is 9.10. The van der Waals surface area contributed by atoms with Gasteiger partial charge in [-0.15, -0.1) is 0 Å². The Hall–Kier alpha value is -1.61. The van der Waals surface area contributed by atoms with Crippen LogP contribution in [0.25, 0.3) is 11.1 Å². The van der Waals surface area contributed by atoms with E-state index in [1.54, 1.807) is 7.05 Å². The Labute approximate surface area is 109 Å². The molecule has 0 unspecified atom stereocenters. The van der Waals surface area contributed by atoms with Crippen LogP contribution in [0.15, 0.2) is 53.0 Å². The molecule has 1 amide bonds. The molecule has 17 heavy (non-hydrogen) atoms. The second-order valence-electron chi connectivity index (χ2n) is 3.64. The van der Waals surface area contributed by atoms with Crippen LogP contribution in [0, 0.1) is 0 Å². The number of amides is 1. The smallest absolute Gasteiger partial charge is 0.251 e. The van der Waals surface area contributed by atoms with Gasteiger partial charge in [0.1, 0.15) is 0 Å². The van der Waals surface area contributed by atoms with Crippen molar-refractivity contribution in [2.45, 2.75) is 0 Å². The summed E-state index contributed by atoms with van der Waals surface area (Å²) in [6, 6.07) is 15.5. The molecule has 0 bridgehead atoms. The van der Waals surface area contributed by atoms with Gasteiger partial charge in [-0.3, -0.25) is 4.79 Å². The normalized spacial score (nSPS) is 10.0. The van der Waals surface area contributed by atoms with Crippen molar-refractivity contribution in [2.75, 3.05) is 7.05 Å². The molecule has 3 heteroatoms. The van der Waals surface area contributed by atoms with E-state index < -0.39 is 0 Å². The second kappa shape index (κ2) is 5.15. The van der Waals surface area contributed by atoms with E-state index in [1.165, 1.54) is 0 Å². The van der Waals surface area contributed by atoms with Crippen molar-refractivity contribution in [1.82, 2.24) is 5.32 Å². The van der Waals surface area contributed by atoms with E-state index in [9.17, 15) is 4.79 Å². The number of hydrogen-bond donors (Lipinski definition) is 1. The zero-order chi connectivity index (χ0) is 12.3. The molecule has 1 N–H and O–H groups in total. The molecular weight excluding hydrogens is 278 g/mol. The van der Waals surface area contributed by atoms with Gasteiger partial charge < -0.3 is 5.32 Å². The van der Waals surface area contributed by atoms with Crippen LogP contribution in [0.5, 0.6) is 0 Å². The summed E-state index contributed by atoms with van der Waals surface area (Å²) in [6.45, 7) is 0. The average Bonchev–Trinajstić information content (AvgIpc) is 2.39. The largest absolute Gasteiger partial charge is 0.355 e. The topological polar surface area (TPSA) is 29.1 Å². The Bertz CT molecular complexity index is 537. The molecule has 0 radical (unpaired) electrons. The van der Waals surface area contributed by atoms with E-state index in [2.05, 4.69) is 21.2 Å². The molecule has 0 aliphatic rings. The van der Waals surface area contributed by atoms with Crippen LogP contribution in [0.2, 0.25) is 0 Å². The lowest BCUT2D eigenvalue weighted by atomic mass is 9.99. The minimum atomic E-state index is -0.0728. The van der Waals surface area contributed by atoms with Gasteiger partial charge in [-0.25, -0.2) is 0 Å². The van der Waals surface area contributed by atoms with Crippen molar-refractivity contribution in [1.29, 1.82) is 0 Å². The Morgan fingerprint density at radius 3 is 2.47 bits per heavy atom. The van der Waals surface area contributed by atoms with Gasteiger partial charge in [0, 0.05) is 17.1 Å². The molecule has 0 heterocycles. The zero-order valence-electron chi connectivity index (χ0n) is 9.41. The van der Waals surface area contributed by atoms with Crippen molar-refractivity contribution in [3.05, 3.63) is 58.6 Å². The lowest BCUT2D eigenvalue weighted by Crippen LogP contribution is -2.18. The third-order valence-corrected chi connectivity index (χ3v) is 3.03. The van der Waals surface area contributed by atoms with E-state index in [0.29, 0.717) is 5.56 Å². The number of nitrogens with one attached hydrogen (secondary N) is 1. The lowest BCUT2D eigenvalue weighted by Gasteiger charge is -2.09. The van der Waals surface area contributed by atoms with Crippen LogP contribution in [-0.2, 0) is 0 Å². The summed E-state index contributed by atoms with van der Waals surface area (Å²) < 4.78 is 0.962. The number of benzene rings is 2. The number of halogens is 1. The van der Waals surface area contributed by atoms with Crippen LogP contribution in [0.3, 0.4) is 0 Å². The Balaban J connectivity index is 2.59. The van der Waals surface area contributed by atoms with Gasteiger partial charge in [0.2, 0.25) is 0 Å². The monoisotopic (exact) mass is 289 g/mol. The highest BCUT2D eigenvalue weighted by Gasteiger charge is 2.11. The molecule has 0 saturated heterocycles. The van der Waals surface area contributed by atoms with E-state index in [0.717, 1.165) is 15.6 Å². The fourth-order valence-electron chi connectivity index (χ4n) is 1.71. The van der Waals surface area contributed by atoms with Crippen LogP contribution in [-0.4, -0.2) is 13.0 Å². The van der Waals surface area contributed by atoms with Gasteiger partial charge >= 0.3 is 0 Å². The van der Waals surface area contributed by atoms with E-state index in [-0.39, 0.29) is 5.91 Å². The molecule has 0 aliphatic heterocycles. The van der Waals surface area contributed by atoms with Crippen molar-refractivity contribution in [2.24, 2.45) is 0 Å². The second-order valence-corrected chi connectivity index (χ2v) is 4.55. The van der Waals surface area contributed by atoms with Gasteiger partial charge in [0.15, 0.2) is 0 Å². The Morgan fingerprint density at radius 1 is 1.12 bits per heavy atom. The quantitative estimate of drug-likeness (QED) is 0.901. The first-order chi connectivity index (χ1) is 8.22. The van der Waals surface area contributed by atoms with Crippen LogP contribution < -0.4 is 5.32 Å². The maximum absolute atomic E-state index is 11.8. The van der Waals surface area contributed by atoms with Gasteiger partial charge in [-0.1, -0.05) is 46.3 Å². The molecule has 0 saturated carbocycles. The Kier molecular flexibility index (Phi) is 3.59. The van der Waals surface area contributed by atoms with Gasteiger partial charge in [0.05, 0.1) is 0 Å². The minimum Gasteiger partial charge on any atom is -0.355 e. The van der Waals surface area contributed by atoms with Crippen molar-refractivity contribution < 1.29 is 4.79 Å². The van der Waals surface area contributed by atoms with Gasteiger partial charge in [-0.05, 0) is 29.3 Å². The van der Waals surface area contributed by atoms with Crippen molar-refractivity contribution in [3.8, 4) is 11.1 Å². The Morgan fingerprint density at radius 2 is 1.82 bits per heavy atom. The molecule has 0 spiro atoms. The molecule has 86 valence electrons. The molecular formula is C14H12BrNO. The summed E-state index contributed by atoms with van der Waals surface area (Å²) >= 11 is 3.43. The van der Waals surface area contributed by atoms with Gasteiger partial charge in [0.25, 0.3) is 5.91 Å². The van der Waals surface area contributed by atoms with Crippen LogP contribution >= 0.6 is 15.9 Å². The first-order valence-electron chi connectivity index (χ1n) is 5.29. The summed E-state index contributed by atoms with van der Waals surface area (Å²) in [4.78, 5) is 11.8. The van der Waals surface area contributed by atoms with Crippen LogP contribution in [0.1, 0.15) is 10.4 Å². The predicted molar refractivity (Wildman–Crippen MR) is 73.0 cm³/mol. The third kappa shape index (κ3) is 2.56. The minimum absolute atomic E-state index is 0.0728. The molecule has 2 aromatic carbocycles. The van der Waals surface area contributed by atoms with Crippen molar-refractivity contribution in [3.63, 3.8) is 0 Å². The SMILES string of the molecule is CNC(=O)c1ccc(Br)cc1-c1ccccc1. The molecule has 0 aromatic heterocycles. The van der Waals surface area contributed by atoms with Crippen molar-refractivity contribution >= 4 is 21.8 Å². The molecule has 2 rings (SSSR count). The molecule has 0 aliphatic carbocycles. The third-order valence-electron chi connectivity index (χ3n) is 2.54. The van der Waals surface area contributed by atoms with Crippen LogP contribution in [0.4, 0.5) is 0 Å². The average molecular weight is 290 g/mol. The molecule has 2 nitrogen and oxygen atoms in total. The number of hydrogen-bond acceptors (Lipinski definition) is 1. The predicted octanol–water partition coefficient (Wildman–Crippen LogP) is 3.48. The standard InChI is InChI=1S/C14H12BrNO/c1-16-14(17)12-8-7-11(15)9-13(12)10-5-3-2-4-6-10/h2-9H,1H3,(H,16,17). The van der Waals surface area contributed by atoms with Gasteiger partial charge in [-0.2, -0.15) is 0 Å². The number of rotatable bonds is 2. The molecule has 0 fully saturated rings. The summed E-state index contributed by atoms with van der Waals surface area (Å²) in [7, 11) is 1.64. The number of carbonyl (C=O) groups is 1. The maximum Gasteiger partial charge on any atom is 0.251 e. The highest BCUT2D eigenvalue weighted by Crippen LogP contribution is 2.27. The maximum atomic E-state index is 11.8. The fourth-order valence-corrected chi connectivity index (χ4v) is 2.07. The first-order valence-corrected chi connectivity index (χ1v) is 6.08. The summed E-state index contributed by atoms with van der Waals surface area (Å²) in [5.41, 5.74) is 2.65. The van der Waals surface area contributed by atoms with E-state index in [1.807, 2.05) is 48.5 Å². The summed E-state index contributed by atoms with van der Waals surface area (Å²) in [6.07, 6.45) is 0. The van der Waals surface area contributed by atoms with E-state index >= 15 is 0 Å². The highest BCUT2D eigenvalue weighted by atomic mass is 79.9. The fraction of sp³-hybridized carbons (Fsp3) is 0.0714. The summed E-state index contributed by atoms with van der Waals surface area (Å²) in [5.74, 6) is -0.0728.